The number of methoxy groups -OCH3 is 1. The minimum absolute atomic E-state index is 0.0410. The van der Waals surface area contributed by atoms with Gasteiger partial charge in [-0.1, -0.05) is 0 Å². The quantitative estimate of drug-likeness (QED) is 0.409. The fraction of sp³-hybridized carbons (Fsp3) is 0.452. The van der Waals surface area contributed by atoms with E-state index < -0.39 is 5.60 Å². The predicted octanol–water partition coefficient (Wildman–Crippen LogP) is 4.78. The molecule has 2 fully saturated rings. The molecule has 2 aromatic heterocycles. The van der Waals surface area contributed by atoms with Gasteiger partial charge in [-0.3, -0.25) is 0 Å². The van der Waals surface area contributed by atoms with Crippen molar-refractivity contribution in [2.24, 2.45) is 0 Å². The third kappa shape index (κ3) is 7.61. The van der Waals surface area contributed by atoms with Crippen molar-refractivity contribution in [1.82, 2.24) is 19.9 Å². The normalized spacial score (nSPS) is 15.9. The van der Waals surface area contributed by atoms with E-state index in [1.807, 2.05) is 45.0 Å². The van der Waals surface area contributed by atoms with Gasteiger partial charge in [0.1, 0.15) is 47.2 Å². The van der Waals surface area contributed by atoms with Crippen LogP contribution in [-0.2, 0) is 9.47 Å². The standard InChI is InChI=1S/C31H37N7O5/c1-31(2,3)43-30(39)38-13-11-37(12-14-38)25-6-8-27(36-29(25)40-4)35-28-18-24(33-20-34-28)21-5-7-26(22(17-21)19-32)42-23-9-15-41-16-10-23/h5-8,17-18,20,23H,9-16H2,1-4H3,(H,33,34,35,36). The molecule has 0 radical (unpaired) electrons. The Labute approximate surface area is 251 Å². The van der Waals surface area contributed by atoms with Crippen LogP contribution in [0.5, 0.6) is 11.6 Å². The Bertz CT molecular complexity index is 1470. The number of benzene rings is 1. The summed E-state index contributed by atoms with van der Waals surface area (Å²) in [5.41, 5.74) is 2.18. The molecule has 1 N–H and O–H groups in total. The first-order valence-electron chi connectivity index (χ1n) is 14.4. The van der Waals surface area contributed by atoms with Gasteiger partial charge in [0, 0.05) is 50.7 Å². The largest absolute Gasteiger partial charge is 0.489 e. The zero-order valence-electron chi connectivity index (χ0n) is 25.0. The molecule has 0 unspecified atom stereocenters. The first kappa shape index (κ1) is 29.8. The fourth-order valence-electron chi connectivity index (χ4n) is 4.92. The Hall–Kier alpha value is -4.63. The number of hydrogen-bond donors (Lipinski definition) is 1. The average Bonchev–Trinajstić information content (AvgIpc) is 3.01. The van der Waals surface area contributed by atoms with Gasteiger partial charge < -0.3 is 34.1 Å². The highest BCUT2D eigenvalue weighted by Crippen LogP contribution is 2.31. The van der Waals surface area contributed by atoms with E-state index in [1.165, 1.54) is 6.33 Å². The minimum atomic E-state index is -0.529. The Morgan fingerprint density at radius 2 is 1.81 bits per heavy atom. The Kier molecular flexibility index (Phi) is 9.11. The summed E-state index contributed by atoms with van der Waals surface area (Å²) >= 11 is 0. The van der Waals surface area contributed by atoms with E-state index in [9.17, 15) is 10.1 Å². The Morgan fingerprint density at radius 1 is 1.05 bits per heavy atom. The van der Waals surface area contributed by atoms with E-state index in [-0.39, 0.29) is 12.2 Å². The summed E-state index contributed by atoms with van der Waals surface area (Å²) in [4.78, 5) is 29.7. The molecule has 0 aliphatic carbocycles. The van der Waals surface area contributed by atoms with Crippen LogP contribution in [0.2, 0.25) is 0 Å². The average molecular weight is 588 g/mol. The van der Waals surface area contributed by atoms with Crippen molar-refractivity contribution in [3.8, 4) is 29.0 Å². The predicted molar refractivity (Wildman–Crippen MR) is 161 cm³/mol. The number of ether oxygens (including phenoxy) is 4. The molecule has 43 heavy (non-hydrogen) atoms. The topological polar surface area (TPSA) is 135 Å². The van der Waals surface area contributed by atoms with Gasteiger partial charge in [0.25, 0.3) is 0 Å². The number of pyridine rings is 1. The molecule has 2 aliphatic rings. The van der Waals surface area contributed by atoms with Gasteiger partial charge in [-0.15, -0.1) is 0 Å². The molecular weight excluding hydrogens is 550 g/mol. The molecule has 4 heterocycles. The second kappa shape index (κ2) is 13.1. The van der Waals surface area contributed by atoms with Crippen LogP contribution in [-0.4, -0.2) is 84.2 Å². The molecule has 12 heteroatoms. The number of rotatable bonds is 7. The van der Waals surface area contributed by atoms with Crippen molar-refractivity contribution in [3.05, 3.63) is 48.3 Å². The van der Waals surface area contributed by atoms with Crippen LogP contribution in [0.4, 0.5) is 22.1 Å². The van der Waals surface area contributed by atoms with E-state index in [1.54, 1.807) is 24.1 Å². The molecule has 2 saturated heterocycles. The van der Waals surface area contributed by atoms with Gasteiger partial charge in [-0.2, -0.15) is 10.2 Å². The van der Waals surface area contributed by atoms with E-state index >= 15 is 0 Å². The molecule has 12 nitrogen and oxygen atoms in total. The third-order valence-corrected chi connectivity index (χ3v) is 7.09. The number of nitriles is 1. The van der Waals surface area contributed by atoms with Crippen LogP contribution in [0.1, 0.15) is 39.2 Å². The van der Waals surface area contributed by atoms with Crippen LogP contribution in [0.3, 0.4) is 0 Å². The van der Waals surface area contributed by atoms with Gasteiger partial charge in [-0.05, 0) is 51.1 Å². The van der Waals surface area contributed by atoms with E-state index in [4.69, 9.17) is 18.9 Å². The van der Waals surface area contributed by atoms with Crippen molar-refractivity contribution in [2.75, 3.05) is 56.7 Å². The molecule has 1 amide bonds. The van der Waals surface area contributed by atoms with Crippen LogP contribution >= 0.6 is 0 Å². The van der Waals surface area contributed by atoms with E-state index in [0.29, 0.717) is 73.9 Å². The third-order valence-electron chi connectivity index (χ3n) is 7.09. The summed E-state index contributed by atoms with van der Waals surface area (Å²) < 4.78 is 22.6. The van der Waals surface area contributed by atoms with Crippen molar-refractivity contribution in [1.29, 1.82) is 5.26 Å². The molecule has 226 valence electrons. The Morgan fingerprint density at radius 3 is 2.51 bits per heavy atom. The second-order valence-electron chi connectivity index (χ2n) is 11.3. The molecule has 0 saturated carbocycles. The lowest BCUT2D eigenvalue weighted by Crippen LogP contribution is -2.50. The number of nitrogens with zero attached hydrogens (tertiary/aromatic N) is 6. The molecule has 5 rings (SSSR count). The number of anilines is 3. The maximum absolute atomic E-state index is 12.4. The lowest BCUT2D eigenvalue weighted by molar-refractivity contribution is 0.0239. The fourth-order valence-corrected chi connectivity index (χ4v) is 4.92. The Balaban J connectivity index is 1.25. The summed E-state index contributed by atoms with van der Waals surface area (Å²) in [6, 6.07) is 13.3. The monoisotopic (exact) mass is 587 g/mol. The molecule has 0 atom stereocenters. The maximum Gasteiger partial charge on any atom is 0.410 e. The van der Waals surface area contributed by atoms with Gasteiger partial charge in [0.05, 0.1) is 31.6 Å². The van der Waals surface area contributed by atoms with Crippen molar-refractivity contribution in [3.63, 3.8) is 0 Å². The highest BCUT2D eigenvalue weighted by atomic mass is 16.6. The minimum Gasteiger partial charge on any atom is -0.489 e. The molecule has 0 bridgehead atoms. The highest BCUT2D eigenvalue weighted by molar-refractivity contribution is 5.70. The van der Waals surface area contributed by atoms with Gasteiger partial charge in [0.15, 0.2) is 0 Å². The van der Waals surface area contributed by atoms with Gasteiger partial charge in [0.2, 0.25) is 5.88 Å². The maximum atomic E-state index is 12.4. The molecular formula is C31H37N7O5. The first-order valence-corrected chi connectivity index (χ1v) is 14.4. The lowest BCUT2D eigenvalue weighted by Gasteiger charge is -2.37. The van der Waals surface area contributed by atoms with Crippen LogP contribution < -0.4 is 19.7 Å². The molecule has 1 aromatic carbocycles. The zero-order valence-corrected chi connectivity index (χ0v) is 25.0. The first-order chi connectivity index (χ1) is 20.7. The summed E-state index contributed by atoms with van der Waals surface area (Å²) in [5, 5.41) is 13.0. The van der Waals surface area contributed by atoms with Crippen molar-refractivity contribution < 1.29 is 23.7 Å². The number of nitrogens with one attached hydrogen (secondary N) is 1. The SMILES string of the molecule is COc1nc(Nc2cc(-c3ccc(OC4CCOCC4)c(C#N)c3)ncn2)ccc1N1CCN(C(=O)OC(C)(C)C)CC1. The number of carbonyl (C=O) groups is 1. The summed E-state index contributed by atoms with van der Waals surface area (Å²) in [6.07, 6.45) is 2.81. The van der Waals surface area contributed by atoms with Gasteiger partial charge >= 0.3 is 6.09 Å². The smallest absolute Gasteiger partial charge is 0.410 e. The van der Waals surface area contributed by atoms with E-state index in [2.05, 4.69) is 31.2 Å². The summed E-state index contributed by atoms with van der Waals surface area (Å²) in [6.45, 7) is 9.25. The van der Waals surface area contributed by atoms with Crippen LogP contribution in [0.15, 0.2) is 42.7 Å². The van der Waals surface area contributed by atoms with E-state index in [0.717, 1.165) is 24.1 Å². The zero-order chi connectivity index (χ0) is 30.4. The van der Waals surface area contributed by atoms with Crippen LogP contribution in [0, 0.1) is 11.3 Å². The van der Waals surface area contributed by atoms with Crippen molar-refractivity contribution in [2.45, 2.75) is 45.3 Å². The summed E-state index contributed by atoms with van der Waals surface area (Å²) in [5.74, 6) is 2.12. The number of amides is 1. The number of carbonyl (C=O) groups excluding carboxylic acids is 1. The number of piperazine rings is 1. The molecule has 2 aliphatic heterocycles. The number of hydrogen-bond acceptors (Lipinski definition) is 11. The number of aromatic nitrogens is 3. The second-order valence-corrected chi connectivity index (χ2v) is 11.3. The van der Waals surface area contributed by atoms with Crippen LogP contribution in [0.25, 0.3) is 11.3 Å². The lowest BCUT2D eigenvalue weighted by atomic mass is 10.1. The summed E-state index contributed by atoms with van der Waals surface area (Å²) in [7, 11) is 1.58. The van der Waals surface area contributed by atoms with Crippen molar-refractivity contribution >= 4 is 23.4 Å². The highest BCUT2D eigenvalue weighted by Gasteiger charge is 2.27. The molecule has 3 aromatic rings. The molecule has 0 spiro atoms. The van der Waals surface area contributed by atoms with Gasteiger partial charge in [-0.25, -0.2) is 14.8 Å².